The lowest BCUT2D eigenvalue weighted by Crippen LogP contribution is -2.44. The molecule has 6 heteroatoms. The molecule has 1 aliphatic carbocycles. The number of carbonyl (C=O) groups excluding carboxylic acids is 1. The smallest absolute Gasteiger partial charge is 0.226 e. The Labute approximate surface area is 136 Å². The molecule has 2 N–H and O–H groups in total. The van der Waals surface area contributed by atoms with Gasteiger partial charge in [0.25, 0.3) is 0 Å². The topological polar surface area (TPSA) is 71.5 Å². The van der Waals surface area contributed by atoms with Crippen molar-refractivity contribution in [2.24, 2.45) is 0 Å². The minimum absolute atomic E-state index is 0.0326. The second kappa shape index (κ2) is 8.04. The summed E-state index contributed by atoms with van der Waals surface area (Å²) in [6.45, 7) is 4.91. The van der Waals surface area contributed by atoms with Gasteiger partial charge in [-0.25, -0.2) is 4.98 Å². The van der Waals surface area contributed by atoms with Gasteiger partial charge in [-0.1, -0.05) is 19.3 Å². The molecule has 1 aromatic heterocycles. The number of nitrogens with zero attached hydrogens (tertiary/aromatic N) is 1. The normalized spacial score (nSPS) is 18.9. The van der Waals surface area contributed by atoms with Crippen LogP contribution in [0.25, 0.3) is 0 Å². The molecule has 1 atom stereocenters. The monoisotopic (exact) mass is 326 g/mol. The minimum Gasteiger partial charge on any atom is -0.388 e. The van der Waals surface area contributed by atoms with E-state index < -0.39 is 5.60 Å². The fourth-order valence-corrected chi connectivity index (χ4v) is 3.61. The van der Waals surface area contributed by atoms with Crippen LogP contribution in [0, 0.1) is 0 Å². The molecule has 22 heavy (non-hydrogen) atoms. The number of thiazole rings is 1. The number of amides is 1. The van der Waals surface area contributed by atoms with Gasteiger partial charge in [-0.2, -0.15) is 0 Å². The molecule has 2 rings (SSSR count). The first kappa shape index (κ1) is 17.4. The third-order valence-corrected chi connectivity index (χ3v) is 5.13. The second-order valence-electron chi connectivity index (χ2n) is 6.01. The van der Waals surface area contributed by atoms with Crippen molar-refractivity contribution < 1.29 is 14.6 Å². The predicted octanol–water partition coefficient (Wildman–Crippen LogP) is 2.59. The fourth-order valence-electron chi connectivity index (χ4n) is 2.79. The highest BCUT2D eigenvalue weighted by Gasteiger charge is 2.29. The van der Waals surface area contributed by atoms with E-state index in [2.05, 4.69) is 10.3 Å². The fraction of sp³-hybridized carbons (Fsp3) is 0.750. The van der Waals surface area contributed by atoms with Crippen LogP contribution in [0.5, 0.6) is 0 Å². The molecule has 1 heterocycles. The number of hydrogen-bond donors (Lipinski definition) is 2. The van der Waals surface area contributed by atoms with Crippen LogP contribution in [0.3, 0.4) is 0 Å². The van der Waals surface area contributed by atoms with Gasteiger partial charge >= 0.3 is 0 Å². The van der Waals surface area contributed by atoms with Crippen LogP contribution in [0.1, 0.15) is 62.8 Å². The summed E-state index contributed by atoms with van der Waals surface area (Å²) in [5.41, 5.74) is 0.0460. The van der Waals surface area contributed by atoms with E-state index in [9.17, 15) is 9.90 Å². The van der Waals surface area contributed by atoms with E-state index in [-0.39, 0.29) is 18.4 Å². The Morgan fingerprint density at radius 3 is 2.91 bits per heavy atom. The zero-order valence-electron chi connectivity index (χ0n) is 13.4. The molecule has 0 radical (unpaired) electrons. The van der Waals surface area contributed by atoms with E-state index in [1.54, 1.807) is 0 Å². The van der Waals surface area contributed by atoms with Gasteiger partial charge in [0.2, 0.25) is 5.91 Å². The number of ether oxygens (including phenoxy) is 1. The van der Waals surface area contributed by atoms with Crippen molar-refractivity contribution in [3.63, 3.8) is 0 Å². The second-order valence-corrected chi connectivity index (χ2v) is 6.90. The van der Waals surface area contributed by atoms with Gasteiger partial charge in [0.05, 0.1) is 17.7 Å². The van der Waals surface area contributed by atoms with Crippen molar-refractivity contribution in [3.8, 4) is 0 Å². The summed E-state index contributed by atoms with van der Waals surface area (Å²) in [5.74, 6) is -0.0834. The zero-order chi connectivity index (χ0) is 16.0. The van der Waals surface area contributed by atoms with Crippen LogP contribution >= 0.6 is 11.3 Å². The summed E-state index contributed by atoms with van der Waals surface area (Å²) in [6, 6.07) is 0. The maximum absolute atomic E-state index is 12.0. The van der Waals surface area contributed by atoms with E-state index in [1.807, 2.05) is 19.2 Å². The molecule has 1 aromatic rings. The number of carbonyl (C=O) groups is 1. The maximum Gasteiger partial charge on any atom is 0.226 e. The molecule has 0 bridgehead atoms. The number of aliphatic hydroxyl groups is 1. The third kappa shape index (κ3) is 5.04. The first-order chi connectivity index (χ1) is 10.5. The average Bonchev–Trinajstić information content (AvgIpc) is 2.95. The van der Waals surface area contributed by atoms with Gasteiger partial charge in [-0.3, -0.25) is 4.79 Å². The first-order valence-electron chi connectivity index (χ1n) is 8.07. The summed E-state index contributed by atoms with van der Waals surface area (Å²) in [7, 11) is 0. The van der Waals surface area contributed by atoms with Crippen LogP contribution in [-0.2, 0) is 16.0 Å². The first-order valence-corrected chi connectivity index (χ1v) is 8.95. The summed E-state index contributed by atoms with van der Waals surface area (Å²) in [4.78, 5) is 16.5. The number of hydrogen-bond acceptors (Lipinski definition) is 5. The molecule has 1 unspecified atom stereocenters. The van der Waals surface area contributed by atoms with Gasteiger partial charge in [0, 0.05) is 18.5 Å². The minimum atomic E-state index is -0.718. The highest BCUT2D eigenvalue weighted by molar-refractivity contribution is 7.09. The van der Waals surface area contributed by atoms with E-state index in [1.165, 1.54) is 17.8 Å². The van der Waals surface area contributed by atoms with Crippen molar-refractivity contribution >= 4 is 17.2 Å². The van der Waals surface area contributed by atoms with E-state index in [0.717, 1.165) is 36.4 Å². The molecule has 0 saturated heterocycles. The predicted molar refractivity (Wildman–Crippen MR) is 86.9 cm³/mol. The third-order valence-electron chi connectivity index (χ3n) is 4.07. The summed E-state index contributed by atoms with van der Waals surface area (Å²) in [6.07, 6.45) is 5.03. The summed E-state index contributed by atoms with van der Waals surface area (Å²) >= 11 is 1.52. The molecular weight excluding hydrogens is 300 g/mol. The van der Waals surface area contributed by atoms with Gasteiger partial charge in [-0.05, 0) is 26.7 Å². The van der Waals surface area contributed by atoms with Crippen LogP contribution in [0.4, 0.5) is 0 Å². The van der Waals surface area contributed by atoms with E-state index in [0.29, 0.717) is 13.2 Å². The lowest BCUT2D eigenvalue weighted by molar-refractivity contribution is -0.122. The molecule has 1 fully saturated rings. The summed E-state index contributed by atoms with van der Waals surface area (Å²) < 4.78 is 5.50. The molecule has 1 amide bonds. The summed E-state index contributed by atoms with van der Waals surface area (Å²) in [5, 5.41) is 16.0. The van der Waals surface area contributed by atoms with Crippen molar-refractivity contribution in [1.29, 1.82) is 0 Å². The van der Waals surface area contributed by atoms with Crippen molar-refractivity contribution in [2.45, 2.75) is 64.1 Å². The van der Waals surface area contributed by atoms with E-state index in [4.69, 9.17) is 4.74 Å². The Kier molecular flexibility index (Phi) is 6.35. The number of aromatic nitrogens is 1. The molecule has 0 spiro atoms. The SMILES string of the molecule is CCOC(C)c1nc(CC(=O)NCC2(O)CCCCC2)cs1. The lowest BCUT2D eigenvalue weighted by Gasteiger charge is -2.32. The van der Waals surface area contributed by atoms with Crippen LogP contribution in [0.15, 0.2) is 5.38 Å². The Hall–Kier alpha value is -0.980. The van der Waals surface area contributed by atoms with Crippen molar-refractivity contribution in [1.82, 2.24) is 10.3 Å². The van der Waals surface area contributed by atoms with Crippen LogP contribution < -0.4 is 5.32 Å². The quantitative estimate of drug-likeness (QED) is 0.808. The Balaban J connectivity index is 1.79. The average molecular weight is 326 g/mol. The van der Waals surface area contributed by atoms with Crippen molar-refractivity contribution in [3.05, 3.63) is 16.1 Å². The number of rotatable bonds is 7. The highest BCUT2D eigenvalue weighted by Crippen LogP contribution is 2.27. The largest absolute Gasteiger partial charge is 0.388 e. The molecule has 124 valence electrons. The van der Waals surface area contributed by atoms with E-state index >= 15 is 0 Å². The molecule has 1 saturated carbocycles. The maximum atomic E-state index is 12.0. The van der Waals surface area contributed by atoms with Gasteiger partial charge in [0.15, 0.2) is 0 Å². The zero-order valence-corrected chi connectivity index (χ0v) is 14.2. The Morgan fingerprint density at radius 2 is 2.23 bits per heavy atom. The molecule has 5 nitrogen and oxygen atoms in total. The Bertz CT molecular complexity index is 483. The van der Waals surface area contributed by atoms with Gasteiger partial charge in [-0.15, -0.1) is 11.3 Å². The molecule has 1 aliphatic rings. The molecule has 0 aliphatic heterocycles. The van der Waals surface area contributed by atoms with Crippen LogP contribution in [-0.4, -0.2) is 34.8 Å². The highest BCUT2D eigenvalue weighted by atomic mass is 32.1. The molecule has 0 aromatic carbocycles. The Morgan fingerprint density at radius 1 is 1.50 bits per heavy atom. The van der Waals surface area contributed by atoms with Gasteiger partial charge in [0.1, 0.15) is 11.1 Å². The van der Waals surface area contributed by atoms with Gasteiger partial charge < -0.3 is 15.2 Å². The lowest BCUT2D eigenvalue weighted by atomic mass is 9.85. The number of nitrogens with one attached hydrogen (secondary N) is 1. The standard InChI is InChI=1S/C16H26N2O3S/c1-3-21-12(2)15-18-13(10-22-15)9-14(19)17-11-16(20)7-5-4-6-8-16/h10,12,20H,3-9,11H2,1-2H3,(H,17,19). The van der Waals surface area contributed by atoms with Crippen LogP contribution in [0.2, 0.25) is 0 Å². The molecular formula is C16H26N2O3S. The van der Waals surface area contributed by atoms with Crippen molar-refractivity contribution in [2.75, 3.05) is 13.2 Å².